The van der Waals surface area contributed by atoms with Gasteiger partial charge < -0.3 is 9.47 Å². The van der Waals surface area contributed by atoms with Gasteiger partial charge in [0.1, 0.15) is 11.9 Å². The summed E-state index contributed by atoms with van der Waals surface area (Å²) < 4.78 is 12.1. The van der Waals surface area contributed by atoms with Crippen molar-refractivity contribution in [3.63, 3.8) is 0 Å². The lowest BCUT2D eigenvalue weighted by atomic mass is 9.91. The quantitative estimate of drug-likeness (QED) is 0.512. The molecular weight excluding hydrogens is 392 g/mol. The minimum atomic E-state index is -0.249. The molecular formula is C22H21BrO3. The minimum Gasteiger partial charge on any atom is -0.485 e. The van der Waals surface area contributed by atoms with Gasteiger partial charge in [-0.2, -0.15) is 0 Å². The summed E-state index contributed by atoms with van der Waals surface area (Å²) in [5.74, 6) is 6.54. The van der Waals surface area contributed by atoms with E-state index in [9.17, 15) is 4.79 Å². The average Bonchev–Trinajstić information content (AvgIpc) is 2.66. The Balaban J connectivity index is 1.81. The molecule has 0 aliphatic carbocycles. The molecule has 2 aromatic carbocycles. The van der Waals surface area contributed by atoms with Crippen molar-refractivity contribution in [3.05, 3.63) is 63.6 Å². The van der Waals surface area contributed by atoms with Gasteiger partial charge in [-0.3, -0.25) is 4.79 Å². The van der Waals surface area contributed by atoms with Crippen LogP contribution in [-0.2, 0) is 16.0 Å². The molecule has 0 fully saturated rings. The molecule has 0 saturated heterocycles. The summed E-state index contributed by atoms with van der Waals surface area (Å²) in [6, 6.07) is 14.4. The summed E-state index contributed by atoms with van der Waals surface area (Å²) >= 11 is 3.52. The second-order valence-corrected chi connectivity index (χ2v) is 7.21. The molecule has 3 rings (SSSR count). The first kappa shape index (κ1) is 18.5. The van der Waals surface area contributed by atoms with Gasteiger partial charge in [-0.15, -0.1) is 5.92 Å². The molecule has 0 radical (unpaired) electrons. The van der Waals surface area contributed by atoms with Crippen molar-refractivity contribution < 1.29 is 14.3 Å². The summed E-state index contributed by atoms with van der Waals surface area (Å²) in [7, 11) is 1.40. The smallest absolute Gasteiger partial charge is 0.307 e. The molecule has 0 bridgehead atoms. The number of hydrogen-bond acceptors (Lipinski definition) is 3. The van der Waals surface area contributed by atoms with Gasteiger partial charge in [-0.1, -0.05) is 46.1 Å². The monoisotopic (exact) mass is 412 g/mol. The predicted octanol–water partition coefficient (Wildman–Crippen LogP) is 5.19. The van der Waals surface area contributed by atoms with Crippen molar-refractivity contribution >= 4 is 21.9 Å². The van der Waals surface area contributed by atoms with Gasteiger partial charge in [0, 0.05) is 4.47 Å². The first-order chi connectivity index (χ1) is 12.6. The molecule has 2 atom stereocenters. The maximum Gasteiger partial charge on any atom is 0.307 e. The van der Waals surface area contributed by atoms with Crippen molar-refractivity contribution in [1.82, 2.24) is 0 Å². The number of halogens is 1. The molecule has 4 heteroatoms. The molecule has 3 nitrogen and oxygen atoms in total. The number of carbonyl (C=O) groups is 1. The van der Waals surface area contributed by atoms with Crippen LogP contribution in [-0.4, -0.2) is 13.1 Å². The fraction of sp³-hybridized carbons (Fsp3) is 0.318. The maximum atomic E-state index is 11.7. The summed E-state index contributed by atoms with van der Waals surface area (Å²) in [5, 5.41) is 0. The minimum absolute atomic E-state index is 0.0622. The van der Waals surface area contributed by atoms with Crippen LogP contribution in [0.3, 0.4) is 0 Å². The zero-order chi connectivity index (χ0) is 18.5. The normalized spacial score (nSPS) is 16.5. The SMILES string of the molecule is CC#CC(CC(=O)OC)c1ccc2c(c1)CCC(c1cccc(Br)c1)O2. The molecule has 134 valence electrons. The third-order valence-corrected chi connectivity index (χ3v) is 5.06. The molecule has 2 aromatic rings. The number of fused-ring (bicyclic) bond motifs is 1. The van der Waals surface area contributed by atoms with Crippen LogP contribution < -0.4 is 4.74 Å². The average molecular weight is 413 g/mol. The molecule has 1 heterocycles. The zero-order valence-corrected chi connectivity index (χ0v) is 16.5. The lowest BCUT2D eigenvalue weighted by Gasteiger charge is -2.27. The van der Waals surface area contributed by atoms with E-state index in [1.807, 2.05) is 24.3 Å². The van der Waals surface area contributed by atoms with E-state index >= 15 is 0 Å². The molecule has 0 saturated carbocycles. The molecule has 1 aliphatic rings. The van der Waals surface area contributed by atoms with Gasteiger partial charge in [0.15, 0.2) is 0 Å². The summed E-state index contributed by atoms with van der Waals surface area (Å²) in [5.41, 5.74) is 3.38. The number of carbonyl (C=O) groups excluding carboxylic acids is 1. The van der Waals surface area contributed by atoms with Gasteiger partial charge >= 0.3 is 5.97 Å². The maximum absolute atomic E-state index is 11.7. The molecule has 0 spiro atoms. The van der Waals surface area contributed by atoms with Gasteiger partial charge in [0.25, 0.3) is 0 Å². The van der Waals surface area contributed by atoms with Crippen molar-refractivity contribution in [1.29, 1.82) is 0 Å². The number of methoxy groups -OCH3 is 1. The summed E-state index contributed by atoms with van der Waals surface area (Å²) in [6.45, 7) is 1.79. The van der Waals surface area contributed by atoms with Crippen LogP contribution in [0.15, 0.2) is 46.9 Å². The van der Waals surface area contributed by atoms with Gasteiger partial charge in [0.2, 0.25) is 0 Å². The van der Waals surface area contributed by atoms with E-state index in [0.717, 1.165) is 28.6 Å². The van der Waals surface area contributed by atoms with Crippen LogP contribution >= 0.6 is 15.9 Å². The van der Waals surface area contributed by atoms with Crippen LogP contribution in [0.1, 0.15) is 48.5 Å². The Morgan fingerprint density at radius 3 is 2.92 bits per heavy atom. The molecule has 2 unspecified atom stereocenters. The Morgan fingerprint density at radius 1 is 1.35 bits per heavy atom. The van der Waals surface area contributed by atoms with Crippen LogP contribution in [0.25, 0.3) is 0 Å². The number of aryl methyl sites for hydroxylation is 1. The van der Waals surface area contributed by atoms with Crippen LogP contribution in [0.5, 0.6) is 5.75 Å². The largest absolute Gasteiger partial charge is 0.485 e. The first-order valence-electron chi connectivity index (χ1n) is 8.64. The number of hydrogen-bond donors (Lipinski definition) is 0. The van der Waals surface area contributed by atoms with Crippen molar-refractivity contribution in [2.75, 3.05) is 7.11 Å². The lowest BCUT2D eigenvalue weighted by Crippen LogP contribution is -2.16. The predicted molar refractivity (Wildman–Crippen MR) is 105 cm³/mol. The molecule has 0 aromatic heterocycles. The van der Waals surface area contributed by atoms with Gasteiger partial charge in [-0.25, -0.2) is 0 Å². The molecule has 1 aliphatic heterocycles. The number of rotatable bonds is 4. The summed E-state index contributed by atoms with van der Waals surface area (Å²) in [6.07, 6.45) is 2.18. The summed E-state index contributed by atoms with van der Waals surface area (Å²) in [4.78, 5) is 11.7. The molecule has 0 amide bonds. The van der Waals surface area contributed by atoms with E-state index in [1.54, 1.807) is 6.92 Å². The Bertz CT molecular complexity index is 863. The van der Waals surface area contributed by atoms with E-state index in [2.05, 4.69) is 46.0 Å². The highest BCUT2D eigenvalue weighted by atomic mass is 79.9. The third kappa shape index (κ3) is 4.28. The molecule has 26 heavy (non-hydrogen) atoms. The van der Waals surface area contributed by atoms with Crippen LogP contribution in [0, 0.1) is 11.8 Å². The van der Waals surface area contributed by atoms with E-state index < -0.39 is 0 Å². The van der Waals surface area contributed by atoms with Crippen molar-refractivity contribution in [2.45, 2.75) is 38.2 Å². The number of ether oxygens (including phenoxy) is 2. The first-order valence-corrected chi connectivity index (χ1v) is 9.44. The zero-order valence-electron chi connectivity index (χ0n) is 14.9. The Labute approximate surface area is 162 Å². The van der Waals surface area contributed by atoms with E-state index in [-0.39, 0.29) is 24.4 Å². The topological polar surface area (TPSA) is 35.5 Å². The number of benzene rings is 2. The fourth-order valence-corrected chi connectivity index (χ4v) is 3.66. The van der Waals surface area contributed by atoms with Crippen LogP contribution in [0.4, 0.5) is 0 Å². The second kappa shape index (κ2) is 8.42. The third-order valence-electron chi connectivity index (χ3n) is 4.57. The standard InChI is InChI=1S/C22H21BrO3/c1-3-5-15(14-22(24)25-2)16-8-10-21-18(12-16)9-11-20(26-21)17-6-4-7-19(23)13-17/h4,6-8,10,12-13,15,20H,9,11,14H2,1-2H3. The van der Waals surface area contributed by atoms with Crippen molar-refractivity contribution in [2.24, 2.45) is 0 Å². The second-order valence-electron chi connectivity index (χ2n) is 6.29. The van der Waals surface area contributed by atoms with Gasteiger partial charge in [0.05, 0.1) is 19.4 Å². The van der Waals surface area contributed by atoms with E-state index in [4.69, 9.17) is 9.47 Å². The van der Waals surface area contributed by atoms with Gasteiger partial charge in [-0.05, 0) is 54.7 Å². The van der Waals surface area contributed by atoms with E-state index in [0.29, 0.717) is 0 Å². The Kier molecular flexibility index (Phi) is 6.00. The van der Waals surface area contributed by atoms with E-state index in [1.165, 1.54) is 18.2 Å². The number of esters is 1. The Hall–Kier alpha value is -2.25. The Morgan fingerprint density at radius 2 is 2.19 bits per heavy atom. The highest BCUT2D eigenvalue weighted by Crippen LogP contribution is 2.37. The highest BCUT2D eigenvalue weighted by Gasteiger charge is 2.23. The highest BCUT2D eigenvalue weighted by molar-refractivity contribution is 9.10. The fourth-order valence-electron chi connectivity index (χ4n) is 3.24. The molecule has 0 N–H and O–H groups in total. The van der Waals surface area contributed by atoms with Crippen molar-refractivity contribution in [3.8, 4) is 17.6 Å². The lowest BCUT2D eigenvalue weighted by molar-refractivity contribution is -0.140. The van der Waals surface area contributed by atoms with Crippen LogP contribution in [0.2, 0.25) is 0 Å².